The van der Waals surface area contributed by atoms with Gasteiger partial charge in [0.1, 0.15) is 12.2 Å². The molecule has 2 aromatic heterocycles. The van der Waals surface area contributed by atoms with Crippen molar-refractivity contribution < 1.29 is 18.8 Å². The Labute approximate surface area is 162 Å². The average molecular weight is 382 g/mol. The van der Waals surface area contributed by atoms with Gasteiger partial charge >= 0.3 is 0 Å². The van der Waals surface area contributed by atoms with E-state index in [1.54, 1.807) is 4.57 Å². The minimum absolute atomic E-state index is 0.0476. The smallest absolute Gasteiger partial charge is 0.274 e. The monoisotopic (exact) mass is 382 g/mol. The van der Waals surface area contributed by atoms with Gasteiger partial charge in [-0.15, -0.1) is 0 Å². The molecule has 0 fully saturated rings. The molecular formula is C20H22N4O4. The molecule has 28 heavy (non-hydrogen) atoms. The predicted molar refractivity (Wildman–Crippen MR) is 102 cm³/mol. The molecule has 1 N–H and O–H groups in total. The van der Waals surface area contributed by atoms with Crippen LogP contribution in [0.1, 0.15) is 20.3 Å². The number of aromatic nitrogens is 3. The summed E-state index contributed by atoms with van der Waals surface area (Å²) in [4.78, 5) is 16.7. The number of hydrogen-bond donors (Lipinski definition) is 1. The standard InChI is InChI=1S/C20H22N4O4/c1-13(2)7-8-21-18(25)11-24-9-3-4-15(24)20-22-19(23-28-20)14-5-6-16-17(10-14)27-12-26-16/h3-6,9-10,13H,7-8,11-12H2,1-2H3,(H,21,25). The lowest BCUT2D eigenvalue weighted by Gasteiger charge is -2.09. The van der Waals surface area contributed by atoms with Gasteiger partial charge in [-0.3, -0.25) is 4.79 Å². The van der Waals surface area contributed by atoms with Gasteiger partial charge in [0.05, 0.1) is 0 Å². The van der Waals surface area contributed by atoms with Gasteiger partial charge in [0.25, 0.3) is 5.89 Å². The second-order valence-electron chi connectivity index (χ2n) is 7.04. The molecule has 0 spiro atoms. The van der Waals surface area contributed by atoms with Crippen LogP contribution >= 0.6 is 0 Å². The molecule has 0 atom stereocenters. The van der Waals surface area contributed by atoms with Crippen LogP contribution < -0.4 is 14.8 Å². The van der Waals surface area contributed by atoms with E-state index in [1.165, 1.54) is 0 Å². The van der Waals surface area contributed by atoms with E-state index in [9.17, 15) is 4.79 Å². The average Bonchev–Trinajstić information content (AvgIpc) is 3.40. The zero-order valence-corrected chi connectivity index (χ0v) is 15.8. The Bertz CT molecular complexity index is 976. The summed E-state index contributed by atoms with van der Waals surface area (Å²) in [6, 6.07) is 9.18. The summed E-state index contributed by atoms with van der Waals surface area (Å²) in [5.41, 5.74) is 1.46. The van der Waals surface area contributed by atoms with Crippen LogP contribution in [-0.4, -0.2) is 34.0 Å². The van der Waals surface area contributed by atoms with Crippen molar-refractivity contribution in [3.8, 4) is 34.5 Å². The molecule has 3 heterocycles. The summed E-state index contributed by atoms with van der Waals surface area (Å²) in [7, 11) is 0. The molecule has 0 saturated heterocycles. The van der Waals surface area contributed by atoms with E-state index >= 15 is 0 Å². The molecule has 0 bridgehead atoms. The molecule has 0 aliphatic carbocycles. The normalized spacial score (nSPS) is 12.5. The quantitative estimate of drug-likeness (QED) is 0.675. The third kappa shape index (κ3) is 3.85. The fourth-order valence-electron chi connectivity index (χ4n) is 2.94. The first-order valence-corrected chi connectivity index (χ1v) is 9.26. The van der Waals surface area contributed by atoms with Gasteiger partial charge in [0.15, 0.2) is 11.5 Å². The molecule has 8 nitrogen and oxygen atoms in total. The molecule has 1 amide bonds. The summed E-state index contributed by atoms with van der Waals surface area (Å²) in [5, 5.41) is 6.99. The Morgan fingerprint density at radius 1 is 1.25 bits per heavy atom. The van der Waals surface area contributed by atoms with Crippen LogP contribution in [0, 0.1) is 5.92 Å². The fraction of sp³-hybridized carbons (Fsp3) is 0.350. The molecular weight excluding hydrogens is 360 g/mol. The minimum Gasteiger partial charge on any atom is -0.454 e. The van der Waals surface area contributed by atoms with Crippen LogP contribution in [0.5, 0.6) is 11.5 Å². The Morgan fingerprint density at radius 3 is 2.96 bits per heavy atom. The van der Waals surface area contributed by atoms with E-state index in [1.807, 2.05) is 36.5 Å². The Balaban J connectivity index is 1.47. The van der Waals surface area contributed by atoms with Gasteiger partial charge in [-0.25, -0.2) is 0 Å². The number of hydrogen-bond acceptors (Lipinski definition) is 6. The van der Waals surface area contributed by atoms with E-state index in [2.05, 4.69) is 29.3 Å². The van der Waals surface area contributed by atoms with E-state index in [0.717, 1.165) is 12.0 Å². The van der Waals surface area contributed by atoms with Crippen molar-refractivity contribution in [3.63, 3.8) is 0 Å². The number of rotatable bonds is 7. The summed E-state index contributed by atoms with van der Waals surface area (Å²) in [6.45, 7) is 5.33. The van der Waals surface area contributed by atoms with Gasteiger partial charge in [-0.1, -0.05) is 19.0 Å². The highest BCUT2D eigenvalue weighted by atomic mass is 16.7. The second kappa shape index (κ2) is 7.75. The van der Waals surface area contributed by atoms with Crippen LogP contribution in [0.15, 0.2) is 41.1 Å². The van der Waals surface area contributed by atoms with Gasteiger partial charge in [-0.2, -0.15) is 4.98 Å². The van der Waals surface area contributed by atoms with Crippen LogP contribution in [-0.2, 0) is 11.3 Å². The molecule has 3 aromatic rings. The summed E-state index contributed by atoms with van der Waals surface area (Å²) in [6.07, 6.45) is 2.77. The number of nitrogens with one attached hydrogen (secondary N) is 1. The van der Waals surface area contributed by atoms with Crippen molar-refractivity contribution >= 4 is 5.91 Å². The van der Waals surface area contributed by atoms with Gasteiger partial charge in [0.2, 0.25) is 18.5 Å². The van der Waals surface area contributed by atoms with E-state index < -0.39 is 0 Å². The maximum absolute atomic E-state index is 12.2. The van der Waals surface area contributed by atoms with Crippen LogP contribution in [0.25, 0.3) is 23.0 Å². The van der Waals surface area contributed by atoms with E-state index in [0.29, 0.717) is 41.4 Å². The molecule has 1 aliphatic heterocycles. The zero-order chi connectivity index (χ0) is 19.5. The Morgan fingerprint density at radius 2 is 2.11 bits per heavy atom. The lowest BCUT2D eigenvalue weighted by molar-refractivity contribution is -0.121. The van der Waals surface area contributed by atoms with Crippen LogP contribution in [0.4, 0.5) is 0 Å². The summed E-state index contributed by atoms with van der Waals surface area (Å²) in [5.74, 6) is 2.66. The van der Waals surface area contributed by atoms with Crippen molar-refractivity contribution in [2.45, 2.75) is 26.8 Å². The van der Waals surface area contributed by atoms with Crippen molar-refractivity contribution in [1.82, 2.24) is 20.0 Å². The zero-order valence-electron chi connectivity index (χ0n) is 15.8. The maximum atomic E-state index is 12.2. The molecule has 8 heteroatoms. The molecule has 0 unspecified atom stereocenters. The van der Waals surface area contributed by atoms with E-state index in [4.69, 9.17) is 14.0 Å². The SMILES string of the molecule is CC(C)CCNC(=O)Cn1cccc1-c1nc(-c2ccc3c(c2)OCO3)no1. The lowest BCUT2D eigenvalue weighted by atomic mass is 10.1. The topological polar surface area (TPSA) is 91.4 Å². The number of nitrogens with zero attached hydrogens (tertiary/aromatic N) is 3. The number of carbonyl (C=O) groups excluding carboxylic acids is 1. The largest absolute Gasteiger partial charge is 0.454 e. The van der Waals surface area contributed by atoms with Crippen LogP contribution in [0.2, 0.25) is 0 Å². The molecule has 1 aliphatic rings. The number of fused-ring (bicyclic) bond motifs is 1. The highest BCUT2D eigenvalue weighted by molar-refractivity contribution is 5.76. The van der Waals surface area contributed by atoms with Gasteiger partial charge in [-0.05, 0) is 42.7 Å². The maximum Gasteiger partial charge on any atom is 0.274 e. The first kappa shape index (κ1) is 18.1. The Hall–Kier alpha value is -3.29. The fourth-order valence-corrected chi connectivity index (χ4v) is 2.94. The summed E-state index contributed by atoms with van der Waals surface area (Å²) < 4.78 is 17.9. The van der Waals surface area contributed by atoms with Crippen molar-refractivity contribution in [2.75, 3.05) is 13.3 Å². The summed E-state index contributed by atoms with van der Waals surface area (Å²) >= 11 is 0. The first-order valence-electron chi connectivity index (χ1n) is 9.26. The van der Waals surface area contributed by atoms with Crippen molar-refractivity contribution in [2.24, 2.45) is 5.92 Å². The molecule has 0 radical (unpaired) electrons. The number of ether oxygens (including phenoxy) is 2. The number of amides is 1. The third-order valence-electron chi connectivity index (χ3n) is 4.46. The van der Waals surface area contributed by atoms with Crippen LogP contribution in [0.3, 0.4) is 0 Å². The molecule has 0 saturated carbocycles. The Kier molecular flexibility index (Phi) is 5.01. The highest BCUT2D eigenvalue weighted by Gasteiger charge is 2.18. The molecule has 1 aromatic carbocycles. The lowest BCUT2D eigenvalue weighted by Crippen LogP contribution is -2.29. The predicted octanol–water partition coefficient (Wildman–Crippen LogP) is 3.10. The molecule has 146 valence electrons. The third-order valence-corrected chi connectivity index (χ3v) is 4.46. The van der Waals surface area contributed by atoms with E-state index in [-0.39, 0.29) is 19.2 Å². The van der Waals surface area contributed by atoms with Gasteiger partial charge < -0.3 is 23.9 Å². The van der Waals surface area contributed by atoms with Gasteiger partial charge in [0, 0.05) is 18.3 Å². The minimum atomic E-state index is -0.0476. The number of benzene rings is 1. The van der Waals surface area contributed by atoms with Crippen molar-refractivity contribution in [3.05, 3.63) is 36.5 Å². The molecule has 4 rings (SSSR count). The first-order chi connectivity index (χ1) is 13.6. The highest BCUT2D eigenvalue weighted by Crippen LogP contribution is 2.35. The van der Waals surface area contributed by atoms with Crippen molar-refractivity contribution in [1.29, 1.82) is 0 Å². The second-order valence-corrected chi connectivity index (χ2v) is 7.04. The number of carbonyl (C=O) groups is 1.